The van der Waals surface area contributed by atoms with Gasteiger partial charge in [0, 0.05) is 101 Å². The van der Waals surface area contributed by atoms with E-state index in [0.29, 0.717) is 0 Å². The number of carbonyl (C=O) groups excluding carboxylic acids is 12. The molecule has 3 fully saturated rings. The van der Waals surface area contributed by atoms with E-state index in [1.807, 2.05) is 0 Å². The highest BCUT2D eigenvalue weighted by Crippen LogP contribution is 2.43. The largest absolute Gasteiger partial charge is 0.457 e. The Hall–Kier alpha value is -9.11. The smallest absolute Gasteiger partial charge is 0.308 e. The van der Waals surface area contributed by atoms with E-state index in [0.717, 1.165) is 107 Å². The van der Waals surface area contributed by atoms with Crippen LogP contribution in [0.25, 0.3) is 22.3 Å². The molecule has 3 saturated heterocycles. The molecule has 2 aromatic carbocycles. The molecule has 89 heavy (non-hydrogen) atoms. The van der Waals surface area contributed by atoms with Gasteiger partial charge in [0.25, 0.3) is 0 Å². The number of benzene rings is 2. The molecule has 0 spiro atoms. The summed E-state index contributed by atoms with van der Waals surface area (Å²) in [6.07, 6.45) is -26.3. The van der Waals surface area contributed by atoms with Crippen molar-refractivity contribution in [1.29, 1.82) is 0 Å². The Balaban J connectivity index is 1.54. The van der Waals surface area contributed by atoms with Gasteiger partial charge >= 0.3 is 71.6 Å². The van der Waals surface area contributed by atoms with Crippen LogP contribution in [0, 0.1) is 0 Å². The highest BCUT2D eigenvalue weighted by molar-refractivity contribution is 5.91. The number of ether oxygens (including phenoxy) is 18. The molecule has 0 bridgehead atoms. The van der Waals surface area contributed by atoms with Crippen molar-refractivity contribution >= 4 is 82.6 Å². The van der Waals surface area contributed by atoms with Gasteiger partial charge in [0.05, 0.1) is 18.8 Å². The summed E-state index contributed by atoms with van der Waals surface area (Å²) in [5.41, 5.74) is -1.88. The van der Waals surface area contributed by atoms with Gasteiger partial charge in [0.1, 0.15) is 34.7 Å². The Morgan fingerprint density at radius 2 is 0.820 bits per heavy atom. The van der Waals surface area contributed by atoms with E-state index in [2.05, 4.69) is 0 Å². The quantitative estimate of drug-likeness (QED) is 0.0891. The molecule has 3 aliphatic heterocycles. The zero-order chi connectivity index (χ0) is 66.0. The Kier molecular flexibility index (Phi) is 23.0. The van der Waals surface area contributed by atoms with E-state index in [1.165, 1.54) is 19.9 Å². The van der Waals surface area contributed by atoms with Crippen LogP contribution in [-0.4, -0.2) is 170 Å². The third-order valence-corrected chi connectivity index (χ3v) is 12.5. The van der Waals surface area contributed by atoms with E-state index < -0.39 is 210 Å². The molecule has 484 valence electrons. The first-order chi connectivity index (χ1) is 41.7. The van der Waals surface area contributed by atoms with Crippen molar-refractivity contribution in [2.45, 2.75) is 189 Å². The fourth-order valence-corrected chi connectivity index (χ4v) is 9.68. The number of carbonyl (C=O) groups is 12. The standard InChI is InChI=1S/C57H64O32/c1-21-45(79-28(8)63)50(89-56-53(84-33(13)68)49(81-30(10)65)44(22(2)73-56)78-27(7)62)52(83-32(12)67)55(72-21)71-20-41-47(80-29(9)64)51(82-31(11)66)54(85-34(14)69)57(87-41)88-48-43(70)42-39(77-26(6)61)18-36(74-23(3)58)19-40(42)86-46(48)35-15-16-37(75-24(4)59)38(17-35)76-25(5)60/h15-19,21-22,41,44-45,47,49-57H,20H2,1-14H3. The number of rotatable bonds is 20. The monoisotopic (exact) mass is 1260 g/mol. The van der Waals surface area contributed by atoms with Gasteiger partial charge in [0.15, 0.2) is 72.6 Å². The lowest BCUT2D eigenvalue weighted by molar-refractivity contribution is -0.360. The minimum atomic E-state index is -2.24. The summed E-state index contributed by atoms with van der Waals surface area (Å²) in [6.45, 7) is 13.8. The van der Waals surface area contributed by atoms with Crippen LogP contribution >= 0.6 is 0 Å². The van der Waals surface area contributed by atoms with Crippen LogP contribution in [0.1, 0.15) is 96.9 Å². The van der Waals surface area contributed by atoms with E-state index in [4.69, 9.17) is 89.7 Å². The maximum atomic E-state index is 15.3. The van der Waals surface area contributed by atoms with Gasteiger partial charge in [-0.15, -0.1) is 0 Å². The Morgan fingerprint density at radius 1 is 0.404 bits per heavy atom. The first-order valence-corrected chi connectivity index (χ1v) is 27.0. The lowest BCUT2D eigenvalue weighted by atomic mass is 9.96. The van der Waals surface area contributed by atoms with Crippen LogP contribution in [0.3, 0.4) is 0 Å². The lowest BCUT2D eigenvalue weighted by Crippen LogP contribution is -2.66. The van der Waals surface area contributed by atoms with Crippen molar-refractivity contribution in [2.75, 3.05) is 6.61 Å². The van der Waals surface area contributed by atoms with Crippen LogP contribution in [0.2, 0.25) is 0 Å². The van der Waals surface area contributed by atoms with Crippen LogP contribution in [0.15, 0.2) is 39.5 Å². The average Bonchev–Trinajstić information content (AvgIpc) is 0.803. The van der Waals surface area contributed by atoms with E-state index in [9.17, 15) is 57.5 Å². The van der Waals surface area contributed by atoms with Crippen LogP contribution in [0.5, 0.6) is 28.7 Å². The van der Waals surface area contributed by atoms with Gasteiger partial charge in [-0.1, -0.05) is 0 Å². The predicted molar refractivity (Wildman–Crippen MR) is 286 cm³/mol. The van der Waals surface area contributed by atoms with E-state index in [-0.39, 0.29) is 17.1 Å². The van der Waals surface area contributed by atoms with Gasteiger partial charge < -0.3 is 89.7 Å². The van der Waals surface area contributed by atoms with Gasteiger partial charge in [0.2, 0.25) is 23.6 Å². The van der Waals surface area contributed by atoms with Crippen molar-refractivity contribution in [1.82, 2.24) is 0 Å². The summed E-state index contributed by atoms with van der Waals surface area (Å²) in [7, 11) is 0. The third-order valence-electron chi connectivity index (χ3n) is 12.5. The molecule has 0 aliphatic carbocycles. The van der Waals surface area contributed by atoms with Crippen molar-refractivity contribution in [3.05, 3.63) is 40.6 Å². The fourth-order valence-electron chi connectivity index (χ4n) is 9.68. The number of esters is 12. The van der Waals surface area contributed by atoms with Gasteiger partial charge in [-0.05, 0) is 32.0 Å². The molecule has 32 heteroatoms. The van der Waals surface area contributed by atoms with Crippen LogP contribution in [0.4, 0.5) is 0 Å². The molecule has 32 nitrogen and oxygen atoms in total. The highest BCUT2D eigenvalue weighted by atomic mass is 16.8. The number of hydrogen-bond acceptors (Lipinski definition) is 32. The topological polar surface area (TPSA) is 401 Å². The second-order valence-corrected chi connectivity index (χ2v) is 20.0. The van der Waals surface area contributed by atoms with Gasteiger partial charge in [-0.2, -0.15) is 0 Å². The molecular weight excluding hydrogens is 1200 g/mol. The summed E-state index contributed by atoms with van der Waals surface area (Å²) in [5.74, 6) is -14.7. The highest BCUT2D eigenvalue weighted by Gasteiger charge is 2.58. The maximum Gasteiger partial charge on any atom is 0.308 e. The second-order valence-electron chi connectivity index (χ2n) is 20.0. The zero-order valence-corrected chi connectivity index (χ0v) is 50.3. The maximum absolute atomic E-state index is 15.3. The van der Waals surface area contributed by atoms with Crippen LogP contribution in [-0.2, 0) is 119 Å². The molecule has 1 aromatic heterocycles. The Bertz CT molecular complexity index is 3310. The minimum absolute atomic E-state index is 0.214. The average molecular weight is 1260 g/mol. The lowest BCUT2D eigenvalue weighted by Gasteiger charge is -2.48. The van der Waals surface area contributed by atoms with Gasteiger partial charge in [-0.25, -0.2) is 0 Å². The molecule has 0 radical (unpaired) electrons. The summed E-state index contributed by atoms with van der Waals surface area (Å²) >= 11 is 0. The molecule has 6 rings (SSSR count). The minimum Gasteiger partial charge on any atom is -0.457 e. The van der Waals surface area contributed by atoms with Gasteiger partial charge in [-0.3, -0.25) is 62.3 Å². The fraction of sp³-hybridized carbons (Fsp3) is 0.526. The van der Waals surface area contributed by atoms with E-state index in [1.54, 1.807) is 0 Å². The zero-order valence-electron chi connectivity index (χ0n) is 50.3. The molecule has 0 amide bonds. The van der Waals surface area contributed by atoms with Crippen molar-refractivity contribution in [2.24, 2.45) is 0 Å². The summed E-state index contributed by atoms with van der Waals surface area (Å²) in [6, 6.07) is 5.47. The van der Waals surface area contributed by atoms with Crippen molar-refractivity contribution in [3.8, 4) is 40.1 Å². The first-order valence-electron chi connectivity index (χ1n) is 27.0. The molecule has 0 saturated carbocycles. The number of fused-ring (bicyclic) bond motifs is 1. The molecule has 15 unspecified atom stereocenters. The summed E-state index contributed by atoms with van der Waals surface area (Å²) in [5, 5.41) is -0.567. The van der Waals surface area contributed by atoms with Crippen LogP contribution < -0.4 is 29.1 Å². The molecule has 4 heterocycles. The summed E-state index contributed by atoms with van der Waals surface area (Å²) in [4.78, 5) is 167. The second kappa shape index (κ2) is 29.7. The predicted octanol–water partition coefficient (Wildman–Crippen LogP) is 2.61. The third kappa shape index (κ3) is 18.0. The van der Waals surface area contributed by atoms with Crippen molar-refractivity contribution < 1.29 is 147 Å². The molecule has 15 atom stereocenters. The van der Waals surface area contributed by atoms with Crippen molar-refractivity contribution in [3.63, 3.8) is 0 Å². The Labute approximate surface area is 504 Å². The Morgan fingerprint density at radius 3 is 1.33 bits per heavy atom. The number of hydrogen-bond donors (Lipinski definition) is 0. The normalized spacial score (nSPS) is 26.3. The SMILES string of the molecule is CC(=O)Oc1cc(OC(C)=O)c2c(=O)c(OC3OC(COC4OC(C)C(OC(C)=O)C(OC5OC(C)C(OC(C)=O)C(OC(C)=O)C5OC(C)=O)C4OC(C)=O)C(OC(C)=O)C(OC(C)=O)C3OC(C)=O)c(-c3ccc(OC(C)=O)c(OC(C)=O)c3)oc2c1. The summed E-state index contributed by atoms with van der Waals surface area (Å²) < 4.78 is 110. The molecule has 3 aliphatic rings. The molecular formula is C57H64O32. The molecule has 3 aromatic rings. The first kappa shape index (κ1) is 69.0. The van der Waals surface area contributed by atoms with E-state index >= 15 is 4.79 Å². The molecule has 0 N–H and O–H groups in total.